The van der Waals surface area contributed by atoms with E-state index < -0.39 is 11.7 Å². The molecule has 0 saturated carbocycles. The molecule has 26 heavy (non-hydrogen) atoms. The van der Waals surface area contributed by atoms with Gasteiger partial charge in [-0.25, -0.2) is 4.99 Å². The average Bonchev–Trinajstić information content (AvgIpc) is 2.95. The Labute approximate surface area is 157 Å². The second kappa shape index (κ2) is 8.34. The zero-order valence-corrected chi connectivity index (χ0v) is 16.3. The predicted molar refractivity (Wildman–Crippen MR) is 100 cm³/mol. The predicted octanol–water partition coefficient (Wildman–Crippen LogP) is 5.68. The minimum atomic E-state index is -4.57. The minimum Gasteiger partial charge on any atom is -0.347 e. The van der Waals surface area contributed by atoms with Crippen molar-refractivity contribution in [2.45, 2.75) is 46.3 Å². The Balaban J connectivity index is 2.40. The normalized spacial score (nSPS) is 20.7. The van der Waals surface area contributed by atoms with Crippen molar-refractivity contribution in [1.29, 1.82) is 5.26 Å². The Morgan fingerprint density at radius 2 is 2.04 bits per heavy atom. The molecular formula is C19H24F3N3S. The largest absolute Gasteiger partial charge is 0.417 e. The molecule has 0 spiro atoms. The van der Waals surface area contributed by atoms with Crippen LogP contribution < -0.4 is 0 Å². The lowest BCUT2D eigenvalue weighted by Crippen LogP contribution is -2.40. The first-order valence-corrected chi connectivity index (χ1v) is 9.75. The molecule has 2 atom stereocenters. The molecule has 0 bridgehead atoms. The van der Waals surface area contributed by atoms with Gasteiger partial charge in [0.25, 0.3) is 0 Å². The van der Waals surface area contributed by atoms with Crippen LogP contribution in [0.5, 0.6) is 0 Å². The summed E-state index contributed by atoms with van der Waals surface area (Å²) in [7, 11) is 0. The van der Waals surface area contributed by atoms with Gasteiger partial charge in [-0.05, 0) is 30.0 Å². The highest BCUT2D eigenvalue weighted by molar-refractivity contribution is 8.14. The molecule has 1 fully saturated rings. The molecule has 3 nitrogen and oxygen atoms in total. The van der Waals surface area contributed by atoms with Gasteiger partial charge in [-0.2, -0.15) is 18.4 Å². The summed E-state index contributed by atoms with van der Waals surface area (Å²) in [5.74, 6) is 1.81. The monoisotopic (exact) mass is 383 g/mol. The van der Waals surface area contributed by atoms with Crippen LogP contribution in [0.1, 0.15) is 45.2 Å². The molecule has 1 aromatic rings. The number of nitriles is 1. The van der Waals surface area contributed by atoms with Crippen LogP contribution in [0, 0.1) is 23.2 Å². The maximum Gasteiger partial charge on any atom is 0.417 e. The van der Waals surface area contributed by atoms with E-state index in [-0.39, 0.29) is 11.3 Å². The van der Waals surface area contributed by atoms with E-state index in [1.807, 2.05) is 0 Å². The SMILES string of the molecule is CCC(C)[C@H]1CSC(=Nc2ccc(C#N)c(C(F)(F)F)c2)N1CC(C)C. The number of amidine groups is 1. The molecule has 1 heterocycles. The Morgan fingerprint density at radius 3 is 2.58 bits per heavy atom. The van der Waals surface area contributed by atoms with Gasteiger partial charge in [0.05, 0.1) is 22.9 Å². The number of alkyl halides is 3. The summed E-state index contributed by atoms with van der Waals surface area (Å²) >= 11 is 1.59. The number of hydrogen-bond acceptors (Lipinski definition) is 3. The van der Waals surface area contributed by atoms with Gasteiger partial charge in [-0.3, -0.25) is 0 Å². The quantitative estimate of drug-likeness (QED) is 0.656. The number of halogens is 3. The minimum absolute atomic E-state index is 0.234. The van der Waals surface area contributed by atoms with Crippen LogP contribution in [-0.2, 0) is 6.18 Å². The highest BCUT2D eigenvalue weighted by Gasteiger charge is 2.35. The summed E-state index contributed by atoms with van der Waals surface area (Å²) in [4.78, 5) is 6.74. The van der Waals surface area contributed by atoms with E-state index in [0.717, 1.165) is 30.0 Å². The maximum absolute atomic E-state index is 13.2. The van der Waals surface area contributed by atoms with Crippen LogP contribution >= 0.6 is 11.8 Å². The highest BCUT2D eigenvalue weighted by atomic mass is 32.2. The first-order valence-electron chi connectivity index (χ1n) is 8.76. The van der Waals surface area contributed by atoms with Crippen molar-refractivity contribution in [2.24, 2.45) is 16.8 Å². The first-order chi connectivity index (χ1) is 12.2. The van der Waals surface area contributed by atoms with Crippen LogP contribution in [0.15, 0.2) is 23.2 Å². The third-order valence-electron chi connectivity index (χ3n) is 4.55. The fourth-order valence-electron chi connectivity index (χ4n) is 2.97. The summed E-state index contributed by atoms with van der Waals surface area (Å²) in [5, 5.41) is 9.69. The molecule has 1 unspecified atom stereocenters. The lowest BCUT2D eigenvalue weighted by molar-refractivity contribution is -0.137. The number of benzene rings is 1. The summed E-state index contributed by atoms with van der Waals surface area (Å²) in [6.07, 6.45) is -3.52. The molecule has 0 aliphatic carbocycles. The second-order valence-electron chi connectivity index (χ2n) is 7.04. The second-order valence-corrected chi connectivity index (χ2v) is 8.03. The number of thioether (sulfide) groups is 1. The summed E-state index contributed by atoms with van der Waals surface area (Å²) in [5.41, 5.74) is -1.08. The fourth-order valence-corrected chi connectivity index (χ4v) is 4.34. The first kappa shape index (κ1) is 20.6. The molecule has 0 radical (unpaired) electrons. The average molecular weight is 383 g/mol. The number of nitrogens with zero attached hydrogens (tertiary/aromatic N) is 3. The third kappa shape index (κ3) is 4.73. The molecular weight excluding hydrogens is 359 g/mol. The summed E-state index contributed by atoms with van der Waals surface area (Å²) < 4.78 is 39.5. The molecule has 1 aromatic carbocycles. The van der Waals surface area contributed by atoms with Gasteiger partial charge >= 0.3 is 6.18 Å². The fraction of sp³-hybridized carbons (Fsp3) is 0.579. The zero-order valence-electron chi connectivity index (χ0n) is 15.5. The van der Waals surface area contributed by atoms with Crippen molar-refractivity contribution in [3.05, 3.63) is 29.3 Å². The maximum atomic E-state index is 13.2. The van der Waals surface area contributed by atoms with E-state index in [1.54, 1.807) is 17.8 Å². The lowest BCUT2D eigenvalue weighted by Gasteiger charge is -2.31. The molecule has 0 amide bonds. The van der Waals surface area contributed by atoms with Crippen LogP contribution in [0.3, 0.4) is 0 Å². The Bertz CT molecular complexity index is 707. The van der Waals surface area contributed by atoms with Gasteiger partial charge in [-0.1, -0.05) is 45.9 Å². The van der Waals surface area contributed by atoms with E-state index in [4.69, 9.17) is 5.26 Å². The molecule has 1 aliphatic heterocycles. The summed E-state index contributed by atoms with van der Waals surface area (Å²) in [6.45, 7) is 9.41. The number of rotatable bonds is 5. The van der Waals surface area contributed by atoms with Crippen LogP contribution in [0.4, 0.5) is 18.9 Å². The van der Waals surface area contributed by atoms with Crippen molar-refractivity contribution in [1.82, 2.24) is 4.90 Å². The Hall–Kier alpha value is -1.68. The van der Waals surface area contributed by atoms with Gasteiger partial charge in [0, 0.05) is 18.3 Å². The van der Waals surface area contributed by atoms with Crippen molar-refractivity contribution in [3.8, 4) is 6.07 Å². The molecule has 2 rings (SSSR count). The lowest BCUT2D eigenvalue weighted by atomic mass is 9.99. The smallest absolute Gasteiger partial charge is 0.347 e. The molecule has 1 aliphatic rings. The van der Waals surface area contributed by atoms with Gasteiger partial charge < -0.3 is 4.90 Å². The van der Waals surface area contributed by atoms with Crippen LogP contribution in [0.25, 0.3) is 0 Å². The highest BCUT2D eigenvalue weighted by Crippen LogP contribution is 2.36. The van der Waals surface area contributed by atoms with Gasteiger partial charge in [0.2, 0.25) is 0 Å². The van der Waals surface area contributed by atoms with Gasteiger partial charge in [-0.15, -0.1) is 0 Å². The molecule has 1 saturated heterocycles. The molecule has 0 N–H and O–H groups in total. The van der Waals surface area contributed by atoms with Crippen LogP contribution in [-0.4, -0.2) is 28.4 Å². The van der Waals surface area contributed by atoms with E-state index in [0.29, 0.717) is 17.9 Å². The van der Waals surface area contributed by atoms with E-state index in [1.165, 1.54) is 12.1 Å². The summed E-state index contributed by atoms with van der Waals surface area (Å²) in [6, 6.07) is 5.58. The van der Waals surface area contributed by atoms with Crippen molar-refractivity contribution >= 4 is 22.6 Å². The van der Waals surface area contributed by atoms with Crippen molar-refractivity contribution in [2.75, 3.05) is 12.3 Å². The van der Waals surface area contributed by atoms with E-state index in [2.05, 4.69) is 37.6 Å². The molecule has 142 valence electrons. The zero-order chi connectivity index (χ0) is 19.5. The number of hydrogen-bond donors (Lipinski definition) is 0. The van der Waals surface area contributed by atoms with E-state index >= 15 is 0 Å². The standard InChI is InChI=1S/C19H24F3N3S/c1-5-13(4)17-11-26-18(25(17)10-12(2)3)24-15-7-6-14(9-23)16(8-15)19(20,21)22/h6-8,12-13,17H,5,10-11H2,1-4H3/t13?,17-/m1/s1. The Morgan fingerprint density at radius 1 is 1.35 bits per heavy atom. The van der Waals surface area contributed by atoms with Gasteiger partial charge in [0.1, 0.15) is 0 Å². The third-order valence-corrected chi connectivity index (χ3v) is 5.64. The van der Waals surface area contributed by atoms with Crippen molar-refractivity contribution in [3.63, 3.8) is 0 Å². The van der Waals surface area contributed by atoms with Crippen molar-refractivity contribution < 1.29 is 13.2 Å². The molecule has 7 heteroatoms. The van der Waals surface area contributed by atoms with Crippen LogP contribution in [0.2, 0.25) is 0 Å². The number of aliphatic imine (C=N–C) groups is 1. The topological polar surface area (TPSA) is 39.4 Å². The Kier molecular flexibility index (Phi) is 6.62. The van der Waals surface area contributed by atoms with Gasteiger partial charge in [0.15, 0.2) is 5.17 Å². The van der Waals surface area contributed by atoms with E-state index in [9.17, 15) is 13.2 Å². The molecule has 0 aromatic heterocycles.